The molecule has 1 fully saturated rings. The van der Waals surface area contributed by atoms with Crippen molar-refractivity contribution >= 4 is 69.2 Å². The van der Waals surface area contributed by atoms with Crippen molar-refractivity contribution in [2.24, 2.45) is 5.16 Å². The van der Waals surface area contributed by atoms with Gasteiger partial charge in [-0.25, -0.2) is 9.78 Å². The van der Waals surface area contributed by atoms with Crippen molar-refractivity contribution in [2.45, 2.75) is 44.9 Å². The highest BCUT2D eigenvalue weighted by Gasteiger charge is 2.54. The third-order valence-electron chi connectivity index (χ3n) is 4.91. The monoisotopic (exact) mass is 543 g/mol. The Morgan fingerprint density at radius 2 is 2.14 bits per heavy atom. The highest BCUT2D eigenvalue weighted by Crippen LogP contribution is 2.41. The van der Waals surface area contributed by atoms with E-state index in [0.717, 1.165) is 16.9 Å². The minimum atomic E-state index is -1.02. The number of carbonyl (C=O) groups excluding carboxylic acids is 3. The zero-order valence-corrected chi connectivity index (χ0v) is 21.9. The number of anilines is 1. The first-order valence-electron chi connectivity index (χ1n) is 10.6. The number of nitrogens with zero attached hydrogens (tertiary/aromatic N) is 3. The number of oxime groups is 1. The molecule has 3 rings (SSSR count). The fraction of sp³-hybridized carbons (Fsp3) is 0.500. The normalized spacial score (nSPS) is 20.4. The second kappa shape index (κ2) is 11.7. The number of hydrogen-bond acceptors (Lipinski definition) is 13. The van der Waals surface area contributed by atoms with Gasteiger partial charge < -0.3 is 30.1 Å². The van der Waals surface area contributed by atoms with E-state index in [9.17, 15) is 14.4 Å². The maximum Gasteiger partial charge on any atom is 0.511 e. The van der Waals surface area contributed by atoms with E-state index >= 15 is 0 Å². The summed E-state index contributed by atoms with van der Waals surface area (Å²) in [6, 6.07) is -0.824. The van der Waals surface area contributed by atoms with Crippen molar-refractivity contribution in [3.63, 3.8) is 0 Å². The first-order valence-corrected chi connectivity index (χ1v) is 12.9. The number of β-lactam (4-membered cyclic amide) rings is 1. The molecule has 2 unspecified atom stereocenters. The number of amides is 2. The molecule has 0 bridgehead atoms. The number of carbonyl (C=O) groups is 3. The van der Waals surface area contributed by atoms with Crippen LogP contribution in [0.2, 0.25) is 0 Å². The highest BCUT2D eigenvalue weighted by molar-refractivity contribution is 8.00. The molecule has 0 radical (unpaired) electrons. The van der Waals surface area contributed by atoms with E-state index in [-0.39, 0.29) is 34.1 Å². The predicted molar refractivity (Wildman–Crippen MR) is 134 cm³/mol. The van der Waals surface area contributed by atoms with Gasteiger partial charge in [0.25, 0.3) is 11.8 Å². The number of rotatable bonds is 9. The number of hydrogen-bond donors (Lipinski definition) is 2. The van der Waals surface area contributed by atoms with Crippen LogP contribution < -0.4 is 11.1 Å². The van der Waals surface area contributed by atoms with E-state index in [4.69, 9.17) is 37.0 Å². The van der Waals surface area contributed by atoms with Gasteiger partial charge in [-0.3, -0.25) is 14.5 Å². The topological polar surface area (TPSA) is 155 Å². The van der Waals surface area contributed by atoms with Crippen LogP contribution in [-0.2, 0) is 28.6 Å². The molecule has 2 aliphatic heterocycles. The number of thioether (sulfide) groups is 1. The number of thiazole rings is 1. The number of fused-ring (bicyclic) bond motifs is 1. The lowest BCUT2D eigenvalue weighted by molar-refractivity contribution is -0.144. The Morgan fingerprint density at radius 3 is 2.74 bits per heavy atom. The molecule has 1 aromatic heterocycles. The number of thiocarbonyl (C=S) groups is 1. The fourth-order valence-electron chi connectivity index (χ4n) is 3.36. The van der Waals surface area contributed by atoms with Gasteiger partial charge in [0.2, 0.25) is 11.3 Å². The largest absolute Gasteiger partial charge is 0.511 e. The lowest BCUT2D eigenvalue weighted by atomic mass is 10.0. The minimum absolute atomic E-state index is 0.0154. The summed E-state index contributed by atoms with van der Waals surface area (Å²) in [4.78, 5) is 47.9. The molecule has 2 amide bonds. The number of aromatic nitrogens is 1. The third-order valence-corrected chi connectivity index (χ3v) is 7.22. The van der Waals surface area contributed by atoms with Crippen molar-refractivity contribution in [3.8, 4) is 0 Å². The molecule has 0 saturated carbocycles. The van der Waals surface area contributed by atoms with Gasteiger partial charge >= 0.3 is 6.16 Å². The second-order valence-corrected chi connectivity index (χ2v) is 9.50. The van der Waals surface area contributed by atoms with E-state index < -0.39 is 29.8 Å². The fourth-order valence-corrected chi connectivity index (χ4v) is 5.74. The van der Waals surface area contributed by atoms with Crippen LogP contribution in [0.15, 0.2) is 21.8 Å². The molecule has 2 aliphatic rings. The standard InChI is InChI=1S/C20H25N5O7S3/c1-5-10-7-34-17-13(23-15(26)12(24-29-4)11-8-35-19(21)22-11)16(27)25(17)14(10)18(33)31-9(3)32-20(28)30-6-2/h8-9,13,17H,5-7H2,1-4H3,(H2,21,22)(H,23,26)/t9?,13?,17-/m1/s1. The third kappa shape index (κ3) is 5.85. The molecule has 1 aromatic rings. The van der Waals surface area contributed by atoms with Gasteiger partial charge in [-0.05, 0) is 31.1 Å². The molecule has 0 aromatic carbocycles. The van der Waals surface area contributed by atoms with Gasteiger partial charge in [0, 0.05) is 18.1 Å². The summed E-state index contributed by atoms with van der Waals surface area (Å²) in [6.07, 6.45) is -1.28. The average molecular weight is 544 g/mol. The smallest absolute Gasteiger partial charge is 0.442 e. The lowest BCUT2D eigenvalue weighted by Crippen LogP contribution is -2.71. The van der Waals surface area contributed by atoms with E-state index in [1.54, 1.807) is 12.3 Å². The van der Waals surface area contributed by atoms with Crippen LogP contribution in [0.4, 0.5) is 9.93 Å². The van der Waals surface area contributed by atoms with Gasteiger partial charge in [-0.1, -0.05) is 12.1 Å². The number of nitrogen functional groups attached to an aromatic ring is 1. The zero-order valence-electron chi connectivity index (χ0n) is 19.4. The summed E-state index contributed by atoms with van der Waals surface area (Å²) >= 11 is 8.08. The van der Waals surface area contributed by atoms with Crippen LogP contribution in [0.5, 0.6) is 0 Å². The molecular formula is C20H25N5O7S3. The highest BCUT2D eigenvalue weighted by atomic mass is 32.2. The Balaban J connectivity index is 1.72. The van der Waals surface area contributed by atoms with Crippen LogP contribution in [0.1, 0.15) is 32.9 Å². The molecule has 15 heteroatoms. The van der Waals surface area contributed by atoms with Gasteiger partial charge in [0.05, 0.1) is 12.3 Å². The van der Waals surface area contributed by atoms with Gasteiger partial charge in [-0.15, -0.1) is 23.1 Å². The Bertz CT molecular complexity index is 1070. The summed E-state index contributed by atoms with van der Waals surface area (Å²) < 4.78 is 15.3. The molecule has 0 aliphatic carbocycles. The number of nitrogens with one attached hydrogen (secondary N) is 1. The van der Waals surface area contributed by atoms with E-state index in [0.29, 0.717) is 17.9 Å². The van der Waals surface area contributed by atoms with Crippen molar-refractivity contribution in [1.82, 2.24) is 15.2 Å². The summed E-state index contributed by atoms with van der Waals surface area (Å²) in [5.74, 6) is -0.418. The first-order chi connectivity index (χ1) is 16.7. The summed E-state index contributed by atoms with van der Waals surface area (Å²) in [6.45, 7) is 5.24. The summed E-state index contributed by atoms with van der Waals surface area (Å²) in [5, 5.41) is 7.88. The second-order valence-electron chi connectivity index (χ2n) is 7.13. The molecule has 12 nitrogen and oxygen atoms in total. The Kier molecular flexibility index (Phi) is 8.91. The molecule has 1 saturated heterocycles. The summed E-state index contributed by atoms with van der Waals surface area (Å²) in [5.41, 5.74) is 7.15. The maximum absolute atomic E-state index is 13.1. The molecule has 190 valence electrons. The van der Waals surface area contributed by atoms with Crippen LogP contribution in [0, 0.1) is 0 Å². The quantitative estimate of drug-likeness (QED) is 0.117. The first kappa shape index (κ1) is 26.7. The van der Waals surface area contributed by atoms with Crippen LogP contribution in [0.3, 0.4) is 0 Å². The van der Waals surface area contributed by atoms with Crippen LogP contribution in [-0.4, -0.2) is 75.8 Å². The van der Waals surface area contributed by atoms with E-state index in [2.05, 4.69) is 15.5 Å². The zero-order chi connectivity index (χ0) is 25.7. The number of ether oxygens (including phenoxy) is 3. The SMILES string of the molecule is CCOC(=O)OC(C)OC(=S)C1=C(CC)CS[C@@H]2C(NC(=O)C(=NOC)c3csc(N)n3)C(=O)N12. The molecule has 3 N–H and O–H groups in total. The Labute approximate surface area is 215 Å². The van der Waals surface area contributed by atoms with Crippen molar-refractivity contribution in [2.75, 3.05) is 25.2 Å². The number of nitrogens with two attached hydrogens (primary N) is 1. The van der Waals surface area contributed by atoms with Crippen molar-refractivity contribution < 1.29 is 33.4 Å². The molecule has 3 atom stereocenters. The van der Waals surface area contributed by atoms with Gasteiger partial charge in [-0.2, -0.15) is 0 Å². The molecule has 35 heavy (non-hydrogen) atoms. The minimum Gasteiger partial charge on any atom is -0.442 e. The van der Waals surface area contributed by atoms with Gasteiger partial charge in [0.1, 0.15) is 24.2 Å². The van der Waals surface area contributed by atoms with E-state index in [1.807, 2.05) is 6.92 Å². The van der Waals surface area contributed by atoms with Crippen LogP contribution >= 0.6 is 35.3 Å². The van der Waals surface area contributed by atoms with E-state index in [1.165, 1.54) is 30.7 Å². The maximum atomic E-state index is 13.1. The predicted octanol–water partition coefficient (Wildman–Crippen LogP) is 2.00. The molecule has 0 spiro atoms. The van der Waals surface area contributed by atoms with Crippen LogP contribution in [0.25, 0.3) is 0 Å². The van der Waals surface area contributed by atoms with Gasteiger partial charge in [0.15, 0.2) is 10.8 Å². The Hall–Kier alpha value is -2.91. The van der Waals surface area contributed by atoms with Crippen molar-refractivity contribution in [1.29, 1.82) is 0 Å². The molecular weight excluding hydrogens is 518 g/mol. The Morgan fingerprint density at radius 1 is 1.40 bits per heavy atom. The summed E-state index contributed by atoms with van der Waals surface area (Å²) in [7, 11) is 1.30. The average Bonchev–Trinajstić information content (AvgIpc) is 3.25. The molecule has 3 heterocycles. The van der Waals surface area contributed by atoms with Crippen molar-refractivity contribution in [3.05, 3.63) is 22.3 Å². The lowest BCUT2D eigenvalue weighted by Gasteiger charge is -2.50.